The molecule has 2 atom stereocenters. The van der Waals surface area contributed by atoms with Crippen molar-refractivity contribution in [3.05, 3.63) is 12.4 Å². The Morgan fingerprint density at radius 1 is 1.58 bits per heavy atom. The molecule has 2 rings (SSSR count). The van der Waals surface area contributed by atoms with E-state index in [-0.39, 0.29) is 0 Å². The van der Waals surface area contributed by atoms with Crippen molar-refractivity contribution in [1.29, 1.82) is 0 Å². The predicted molar refractivity (Wildman–Crippen MR) is 47.6 cm³/mol. The lowest BCUT2D eigenvalue weighted by Gasteiger charge is -2.02. The zero-order valence-corrected chi connectivity index (χ0v) is 6.99. The molecular formula is C8H12N4. The standard InChI is InChI=1S/C8H12N4/c1-5-2-6(5)11-8-4-10-3-7(9)12-8/h3-6H,2H2,1H3,(H3,9,11,12)/t5-,6-/m1/s1. The smallest absolute Gasteiger partial charge is 0.147 e. The highest BCUT2D eigenvalue weighted by atomic mass is 15.1. The Balaban J connectivity index is 2.03. The fraction of sp³-hybridized carbons (Fsp3) is 0.500. The first-order valence-electron chi connectivity index (χ1n) is 4.10. The number of nitrogens with two attached hydrogens (primary N) is 1. The summed E-state index contributed by atoms with van der Waals surface area (Å²) >= 11 is 0. The van der Waals surface area contributed by atoms with Crippen molar-refractivity contribution in [2.24, 2.45) is 5.92 Å². The number of anilines is 2. The predicted octanol–water partition coefficient (Wildman–Crippen LogP) is 0.879. The van der Waals surface area contributed by atoms with Crippen LogP contribution in [0, 0.1) is 5.92 Å². The fourth-order valence-electron chi connectivity index (χ4n) is 1.16. The van der Waals surface area contributed by atoms with E-state index in [0.29, 0.717) is 11.9 Å². The minimum atomic E-state index is 0.466. The third kappa shape index (κ3) is 1.47. The minimum absolute atomic E-state index is 0.466. The third-order valence-electron chi connectivity index (χ3n) is 2.10. The first-order valence-corrected chi connectivity index (χ1v) is 4.10. The Morgan fingerprint density at radius 3 is 2.92 bits per heavy atom. The molecule has 1 aliphatic rings. The van der Waals surface area contributed by atoms with E-state index in [0.717, 1.165) is 11.7 Å². The molecule has 0 bridgehead atoms. The normalized spacial score (nSPS) is 26.8. The van der Waals surface area contributed by atoms with Crippen molar-refractivity contribution in [2.45, 2.75) is 19.4 Å². The highest BCUT2D eigenvalue weighted by Crippen LogP contribution is 2.31. The number of nitrogens with zero attached hydrogens (tertiary/aromatic N) is 2. The highest BCUT2D eigenvalue weighted by Gasteiger charge is 2.32. The molecule has 1 aromatic rings. The summed E-state index contributed by atoms with van der Waals surface area (Å²) in [6.45, 7) is 2.21. The van der Waals surface area contributed by atoms with Crippen molar-refractivity contribution in [1.82, 2.24) is 9.97 Å². The van der Waals surface area contributed by atoms with Crippen molar-refractivity contribution in [3.63, 3.8) is 0 Å². The molecule has 64 valence electrons. The molecule has 4 nitrogen and oxygen atoms in total. The van der Waals surface area contributed by atoms with Crippen molar-refractivity contribution in [2.75, 3.05) is 11.1 Å². The second-order valence-electron chi connectivity index (χ2n) is 3.29. The molecule has 1 saturated carbocycles. The average Bonchev–Trinajstić information content (AvgIpc) is 2.66. The first-order chi connectivity index (χ1) is 5.75. The van der Waals surface area contributed by atoms with Crippen LogP contribution in [-0.2, 0) is 0 Å². The molecule has 0 spiro atoms. The summed E-state index contributed by atoms with van der Waals surface area (Å²) in [4.78, 5) is 8.03. The van der Waals surface area contributed by atoms with Crippen LogP contribution in [0.5, 0.6) is 0 Å². The van der Waals surface area contributed by atoms with Gasteiger partial charge in [-0.25, -0.2) is 4.98 Å². The van der Waals surface area contributed by atoms with E-state index in [2.05, 4.69) is 22.2 Å². The van der Waals surface area contributed by atoms with Gasteiger partial charge in [0.15, 0.2) is 0 Å². The molecule has 12 heavy (non-hydrogen) atoms. The molecule has 1 heterocycles. The quantitative estimate of drug-likeness (QED) is 0.681. The maximum Gasteiger partial charge on any atom is 0.147 e. The third-order valence-corrected chi connectivity index (χ3v) is 2.10. The van der Waals surface area contributed by atoms with E-state index >= 15 is 0 Å². The number of nitrogen functional groups attached to an aromatic ring is 1. The maximum absolute atomic E-state index is 5.48. The van der Waals surface area contributed by atoms with Crippen LogP contribution in [0.25, 0.3) is 0 Å². The number of hydrogen-bond acceptors (Lipinski definition) is 4. The van der Waals surface area contributed by atoms with E-state index in [4.69, 9.17) is 5.73 Å². The summed E-state index contributed by atoms with van der Waals surface area (Å²) in [7, 11) is 0. The molecule has 1 aromatic heterocycles. The van der Waals surface area contributed by atoms with E-state index < -0.39 is 0 Å². The number of rotatable bonds is 2. The van der Waals surface area contributed by atoms with Gasteiger partial charge in [-0.3, -0.25) is 4.98 Å². The fourth-order valence-corrected chi connectivity index (χ4v) is 1.16. The summed E-state index contributed by atoms with van der Waals surface area (Å²) in [6, 6.07) is 0.570. The van der Waals surface area contributed by atoms with Gasteiger partial charge in [-0.05, 0) is 12.3 Å². The van der Waals surface area contributed by atoms with Crippen LogP contribution >= 0.6 is 0 Å². The first kappa shape index (κ1) is 7.34. The van der Waals surface area contributed by atoms with Crippen LogP contribution in [-0.4, -0.2) is 16.0 Å². The van der Waals surface area contributed by atoms with Crippen LogP contribution in [0.4, 0.5) is 11.6 Å². The van der Waals surface area contributed by atoms with Gasteiger partial charge in [-0.15, -0.1) is 0 Å². The molecule has 0 radical (unpaired) electrons. The van der Waals surface area contributed by atoms with E-state index in [1.165, 1.54) is 6.42 Å². The van der Waals surface area contributed by atoms with E-state index in [1.54, 1.807) is 12.4 Å². The average molecular weight is 164 g/mol. The van der Waals surface area contributed by atoms with Gasteiger partial charge in [0.1, 0.15) is 11.6 Å². The molecule has 0 saturated heterocycles. The lowest BCUT2D eigenvalue weighted by atomic mass is 10.5. The number of nitrogens with one attached hydrogen (secondary N) is 1. The molecule has 4 heteroatoms. The van der Waals surface area contributed by atoms with Gasteiger partial charge >= 0.3 is 0 Å². The van der Waals surface area contributed by atoms with Gasteiger partial charge in [0.2, 0.25) is 0 Å². The number of hydrogen-bond donors (Lipinski definition) is 2. The maximum atomic E-state index is 5.48. The van der Waals surface area contributed by atoms with E-state index in [1.807, 2.05) is 0 Å². The summed E-state index contributed by atoms with van der Waals surface area (Å²) in [5.74, 6) is 2.01. The zero-order chi connectivity index (χ0) is 8.55. The minimum Gasteiger partial charge on any atom is -0.382 e. The van der Waals surface area contributed by atoms with Crippen LogP contribution in [0.1, 0.15) is 13.3 Å². The van der Waals surface area contributed by atoms with Crippen LogP contribution in [0.15, 0.2) is 12.4 Å². The van der Waals surface area contributed by atoms with Gasteiger partial charge in [-0.1, -0.05) is 6.92 Å². The van der Waals surface area contributed by atoms with Gasteiger partial charge in [-0.2, -0.15) is 0 Å². The molecule has 0 aliphatic heterocycles. The second kappa shape index (κ2) is 2.62. The molecule has 0 amide bonds. The van der Waals surface area contributed by atoms with Crippen LogP contribution in [0.2, 0.25) is 0 Å². The molecule has 3 N–H and O–H groups in total. The highest BCUT2D eigenvalue weighted by molar-refractivity contribution is 5.40. The van der Waals surface area contributed by atoms with Crippen molar-refractivity contribution >= 4 is 11.6 Å². The second-order valence-corrected chi connectivity index (χ2v) is 3.29. The lowest BCUT2D eigenvalue weighted by Crippen LogP contribution is -2.06. The van der Waals surface area contributed by atoms with Crippen molar-refractivity contribution in [3.8, 4) is 0 Å². The molecule has 0 aromatic carbocycles. The van der Waals surface area contributed by atoms with E-state index in [9.17, 15) is 0 Å². The Labute approximate surface area is 71.2 Å². The molecular weight excluding hydrogens is 152 g/mol. The molecule has 1 fully saturated rings. The molecule has 1 aliphatic carbocycles. The number of aromatic nitrogens is 2. The van der Waals surface area contributed by atoms with Crippen LogP contribution < -0.4 is 11.1 Å². The zero-order valence-electron chi connectivity index (χ0n) is 6.99. The Morgan fingerprint density at radius 2 is 2.33 bits per heavy atom. The Bertz CT molecular complexity index is 286. The van der Waals surface area contributed by atoms with Gasteiger partial charge in [0.05, 0.1) is 12.4 Å². The van der Waals surface area contributed by atoms with Gasteiger partial charge in [0, 0.05) is 6.04 Å². The SMILES string of the molecule is C[C@@H]1C[C@H]1Nc1cncc(N)n1. The molecule has 0 unspecified atom stereocenters. The van der Waals surface area contributed by atoms with Gasteiger partial charge < -0.3 is 11.1 Å². The Hall–Kier alpha value is -1.32. The largest absolute Gasteiger partial charge is 0.382 e. The summed E-state index contributed by atoms with van der Waals surface area (Å²) in [6.07, 6.45) is 4.46. The van der Waals surface area contributed by atoms with Gasteiger partial charge in [0.25, 0.3) is 0 Å². The topological polar surface area (TPSA) is 63.8 Å². The monoisotopic (exact) mass is 164 g/mol. The summed E-state index contributed by atoms with van der Waals surface area (Å²) < 4.78 is 0. The van der Waals surface area contributed by atoms with Crippen LogP contribution in [0.3, 0.4) is 0 Å². The lowest BCUT2D eigenvalue weighted by molar-refractivity contribution is 0.922. The Kier molecular flexibility index (Phi) is 1.60. The summed E-state index contributed by atoms with van der Waals surface area (Å²) in [5.41, 5.74) is 5.48. The summed E-state index contributed by atoms with van der Waals surface area (Å²) in [5, 5.41) is 3.25. The van der Waals surface area contributed by atoms with Crippen molar-refractivity contribution < 1.29 is 0 Å².